The fraction of sp³-hybridized carbons (Fsp3) is 0.200. The van der Waals surface area contributed by atoms with Crippen LogP contribution in [0.25, 0.3) is 0 Å². The number of nitrogens with one attached hydrogen (secondary N) is 1. The lowest BCUT2D eigenvalue weighted by atomic mass is 10.3. The second-order valence-corrected chi connectivity index (χ2v) is 4.62. The number of nitrogens with zero attached hydrogens (tertiary/aromatic N) is 1. The van der Waals surface area contributed by atoms with Crippen LogP contribution in [0.3, 0.4) is 0 Å². The van der Waals surface area contributed by atoms with E-state index < -0.39 is 5.82 Å². The number of carbonyl (C=O) groups excluding carboxylic acids is 1. The van der Waals surface area contributed by atoms with Crippen molar-refractivity contribution in [3.63, 3.8) is 0 Å². The van der Waals surface area contributed by atoms with Crippen molar-refractivity contribution < 1.29 is 9.18 Å². The van der Waals surface area contributed by atoms with Crippen LogP contribution in [0.5, 0.6) is 0 Å². The molecular formula is C10H8ClFN2OS. The Labute approximate surface area is 101 Å². The van der Waals surface area contributed by atoms with Gasteiger partial charge in [-0.1, -0.05) is 11.6 Å². The molecule has 1 aliphatic heterocycles. The summed E-state index contributed by atoms with van der Waals surface area (Å²) in [6.07, 6.45) is 0.458. The van der Waals surface area contributed by atoms with E-state index in [0.717, 1.165) is 11.8 Å². The van der Waals surface area contributed by atoms with Crippen molar-refractivity contribution >= 4 is 39.3 Å². The third-order valence-corrected chi connectivity index (χ3v) is 3.10. The van der Waals surface area contributed by atoms with Crippen LogP contribution < -0.4 is 5.32 Å². The van der Waals surface area contributed by atoms with Gasteiger partial charge in [-0.25, -0.2) is 4.39 Å². The molecule has 1 heterocycles. The predicted octanol–water partition coefficient (Wildman–Crippen LogP) is 2.91. The third kappa shape index (κ3) is 2.74. The molecule has 0 bridgehead atoms. The van der Waals surface area contributed by atoms with E-state index in [-0.39, 0.29) is 10.1 Å². The highest BCUT2D eigenvalue weighted by Gasteiger charge is 2.14. The minimum absolute atomic E-state index is 0.0396. The van der Waals surface area contributed by atoms with Crippen molar-refractivity contribution in [2.75, 3.05) is 11.9 Å². The molecule has 0 amide bonds. The molecule has 1 aromatic carbocycles. The molecule has 6 heteroatoms. The van der Waals surface area contributed by atoms with Crippen LogP contribution in [-0.2, 0) is 4.79 Å². The lowest BCUT2D eigenvalue weighted by Crippen LogP contribution is -2.16. The van der Waals surface area contributed by atoms with Crippen LogP contribution in [0, 0.1) is 5.82 Å². The topological polar surface area (TPSA) is 41.5 Å². The molecule has 0 radical (unpaired) electrons. The van der Waals surface area contributed by atoms with Gasteiger partial charge in [0, 0.05) is 18.7 Å². The van der Waals surface area contributed by atoms with Crippen molar-refractivity contribution in [1.29, 1.82) is 0 Å². The molecule has 1 N–H and O–H groups in total. The van der Waals surface area contributed by atoms with Crippen LogP contribution in [0.4, 0.5) is 10.1 Å². The van der Waals surface area contributed by atoms with E-state index in [1.54, 1.807) is 6.07 Å². The van der Waals surface area contributed by atoms with Crippen molar-refractivity contribution in [3.05, 3.63) is 29.0 Å². The third-order valence-electron chi connectivity index (χ3n) is 1.95. The largest absolute Gasteiger partial charge is 0.335 e. The molecule has 3 nitrogen and oxygen atoms in total. The van der Waals surface area contributed by atoms with Crippen LogP contribution in [0.2, 0.25) is 5.02 Å². The van der Waals surface area contributed by atoms with Gasteiger partial charge in [0.15, 0.2) is 10.3 Å². The molecule has 0 unspecified atom stereocenters. The zero-order valence-corrected chi connectivity index (χ0v) is 9.74. The highest BCUT2D eigenvalue weighted by Crippen LogP contribution is 2.22. The Balaban J connectivity index is 2.12. The molecule has 0 aromatic heterocycles. The fourth-order valence-electron chi connectivity index (χ4n) is 1.20. The normalized spacial score (nSPS) is 15.9. The van der Waals surface area contributed by atoms with Gasteiger partial charge in [-0.3, -0.25) is 9.79 Å². The van der Waals surface area contributed by atoms with E-state index >= 15 is 0 Å². The molecule has 0 fully saturated rings. The molecule has 2 rings (SSSR count). The Morgan fingerprint density at radius 3 is 3.00 bits per heavy atom. The molecule has 1 aromatic rings. The Kier molecular flexibility index (Phi) is 3.46. The zero-order chi connectivity index (χ0) is 11.5. The van der Waals surface area contributed by atoms with E-state index in [2.05, 4.69) is 10.3 Å². The van der Waals surface area contributed by atoms with Crippen LogP contribution in [0.1, 0.15) is 6.42 Å². The molecule has 84 valence electrons. The number of hydrogen-bond acceptors (Lipinski definition) is 4. The first-order valence-corrected chi connectivity index (χ1v) is 5.82. The summed E-state index contributed by atoms with van der Waals surface area (Å²) in [7, 11) is 0. The van der Waals surface area contributed by atoms with E-state index in [9.17, 15) is 9.18 Å². The second kappa shape index (κ2) is 4.84. The minimum Gasteiger partial charge on any atom is -0.335 e. The number of thioether (sulfide) groups is 1. The number of hydrogen-bond donors (Lipinski definition) is 1. The van der Waals surface area contributed by atoms with Gasteiger partial charge < -0.3 is 5.32 Å². The average molecular weight is 259 g/mol. The average Bonchev–Trinajstić information content (AvgIpc) is 2.24. The quantitative estimate of drug-likeness (QED) is 0.842. The van der Waals surface area contributed by atoms with Crippen LogP contribution in [0.15, 0.2) is 23.2 Å². The summed E-state index contributed by atoms with van der Waals surface area (Å²) < 4.78 is 12.9. The summed E-state index contributed by atoms with van der Waals surface area (Å²) in [5.74, 6) is -0.471. The Hall–Kier alpha value is -1.07. The lowest BCUT2D eigenvalue weighted by molar-refractivity contribution is -0.110. The minimum atomic E-state index is -0.471. The number of benzene rings is 1. The highest BCUT2D eigenvalue weighted by atomic mass is 35.5. The van der Waals surface area contributed by atoms with Gasteiger partial charge in [0.2, 0.25) is 0 Å². The van der Waals surface area contributed by atoms with Gasteiger partial charge in [-0.2, -0.15) is 0 Å². The summed E-state index contributed by atoms with van der Waals surface area (Å²) in [5.41, 5.74) is 0.618. The molecule has 1 aliphatic rings. The van der Waals surface area contributed by atoms with Crippen molar-refractivity contribution in [2.24, 2.45) is 4.99 Å². The summed E-state index contributed by atoms with van der Waals surface area (Å²) in [6.45, 7) is 0.489. The standard InChI is InChI=1S/C10H8ClFN2OS/c11-7-5-6(1-2-8(7)12)14-10-13-4-3-9(15)16-10/h1-2,5H,3-4H2,(H,13,14). The number of halogens is 2. The molecule has 16 heavy (non-hydrogen) atoms. The Morgan fingerprint density at radius 2 is 2.31 bits per heavy atom. The highest BCUT2D eigenvalue weighted by molar-refractivity contribution is 8.26. The SMILES string of the molecule is O=C1CCN=C(Nc2ccc(F)c(Cl)c2)S1. The van der Waals surface area contributed by atoms with Gasteiger partial charge in [-0.05, 0) is 30.0 Å². The second-order valence-electron chi connectivity index (χ2n) is 3.16. The molecule has 0 saturated carbocycles. The van der Waals surface area contributed by atoms with Gasteiger partial charge in [0.05, 0.1) is 5.02 Å². The van der Waals surface area contributed by atoms with Gasteiger partial charge in [-0.15, -0.1) is 0 Å². The first-order valence-electron chi connectivity index (χ1n) is 4.62. The summed E-state index contributed by atoms with van der Waals surface area (Å²) in [5, 5.41) is 3.56. The van der Waals surface area contributed by atoms with Gasteiger partial charge in [0.1, 0.15) is 5.82 Å². The van der Waals surface area contributed by atoms with E-state index in [4.69, 9.17) is 11.6 Å². The van der Waals surface area contributed by atoms with E-state index in [1.807, 2.05) is 0 Å². The molecule has 0 saturated heterocycles. The molecule has 0 spiro atoms. The number of carbonyl (C=O) groups is 1. The molecule has 0 atom stereocenters. The maximum atomic E-state index is 12.9. The molecular weight excluding hydrogens is 251 g/mol. The fourth-order valence-corrected chi connectivity index (χ4v) is 2.12. The Bertz CT molecular complexity index is 464. The van der Waals surface area contributed by atoms with Crippen molar-refractivity contribution in [3.8, 4) is 0 Å². The van der Waals surface area contributed by atoms with Crippen LogP contribution in [-0.4, -0.2) is 16.8 Å². The van der Waals surface area contributed by atoms with Gasteiger partial charge in [0.25, 0.3) is 0 Å². The number of amidine groups is 1. The van der Waals surface area contributed by atoms with E-state index in [0.29, 0.717) is 23.8 Å². The van der Waals surface area contributed by atoms with Crippen molar-refractivity contribution in [1.82, 2.24) is 0 Å². The summed E-state index contributed by atoms with van der Waals surface area (Å²) in [6, 6.07) is 4.27. The Morgan fingerprint density at radius 1 is 1.50 bits per heavy atom. The lowest BCUT2D eigenvalue weighted by Gasteiger charge is -2.12. The number of anilines is 1. The maximum absolute atomic E-state index is 12.9. The van der Waals surface area contributed by atoms with Gasteiger partial charge >= 0.3 is 0 Å². The predicted molar refractivity (Wildman–Crippen MR) is 64.5 cm³/mol. The first kappa shape index (κ1) is 11.4. The first-order chi connectivity index (χ1) is 7.65. The van der Waals surface area contributed by atoms with E-state index in [1.165, 1.54) is 12.1 Å². The smallest absolute Gasteiger partial charge is 0.198 e. The van der Waals surface area contributed by atoms with Crippen LogP contribution >= 0.6 is 23.4 Å². The number of rotatable bonds is 1. The maximum Gasteiger partial charge on any atom is 0.198 e. The monoisotopic (exact) mass is 258 g/mol. The summed E-state index contributed by atoms with van der Waals surface area (Å²) in [4.78, 5) is 15.3. The molecule has 0 aliphatic carbocycles. The summed E-state index contributed by atoms with van der Waals surface area (Å²) >= 11 is 6.69. The zero-order valence-electron chi connectivity index (χ0n) is 8.17. The number of aliphatic imine (C=N–C) groups is 1. The van der Waals surface area contributed by atoms with Crippen molar-refractivity contribution in [2.45, 2.75) is 6.42 Å².